The molecule has 3 aromatic rings. The maximum absolute atomic E-state index is 5.87. The summed E-state index contributed by atoms with van der Waals surface area (Å²) in [5.41, 5.74) is 10.2. The average Bonchev–Trinajstić information content (AvgIpc) is 3.10. The van der Waals surface area contributed by atoms with Crippen molar-refractivity contribution in [2.45, 2.75) is 18.2 Å². The van der Waals surface area contributed by atoms with Crippen LogP contribution in [0, 0.1) is 0 Å². The molecule has 0 saturated heterocycles. The van der Waals surface area contributed by atoms with Crippen LogP contribution < -0.4 is 5.73 Å². The van der Waals surface area contributed by atoms with Crippen molar-refractivity contribution in [1.29, 1.82) is 0 Å². The molecule has 22 heavy (non-hydrogen) atoms. The van der Waals surface area contributed by atoms with Crippen molar-refractivity contribution < 1.29 is 0 Å². The van der Waals surface area contributed by atoms with Gasteiger partial charge in [0.25, 0.3) is 0 Å². The fourth-order valence-electron chi connectivity index (χ4n) is 2.91. The highest BCUT2D eigenvalue weighted by Crippen LogP contribution is 2.39. The summed E-state index contributed by atoms with van der Waals surface area (Å²) >= 11 is 1.63. The molecule has 0 aliphatic carbocycles. The lowest BCUT2D eigenvalue weighted by Crippen LogP contribution is -2.05. The van der Waals surface area contributed by atoms with E-state index < -0.39 is 0 Å². The molecule has 1 aliphatic rings. The highest BCUT2D eigenvalue weighted by molar-refractivity contribution is 8.14. The van der Waals surface area contributed by atoms with Gasteiger partial charge in [-0.2, -0.15) is 0 Å². The predicted octanol–water partition coefficient (Wildman–Crippen LogP) is 3.72. The van der Waals surface area contributed by atoms with Gasteiger partial charge < -0.3 is 10.7 Å². The summed E-state index contributed by atoms with van der Waals surface area (Å²) in [7, 11) is 0. The standard InChI is InChI=1S/C17H16N4S/c1-10-15(21-17(18)22-10)14-9-20-16-13(14)7-12(8-19-16)11-5-3-2-4-6-11/h2-10,15H,1H3,(H2,18,21)(H,19,20). The summed E-state index contributed by atoms with van der Waals surface area (Å²) in [5.74, 6) is 0. The van der Waals surface area contributed by atoms with Crippen molar-refractivity contribution in [2.75, 3.05) is 0 Å². The first-order valence-corrected chi connectivity index (χ1v) is 8.13. The molecular formula is C17H16N4S. The van der Waals surface area contributed by atoms with Gasteiger partial charge in [0.05, 0.1) is 6.04 Å². The Hall–Kier alpha value is -2.27. The molecule has 1 aromatic carbocycles. The number of nitrogens with two attached hydrogens (primary N) is 1. The van der Waals surface area contributed by atoms with E-state index in [1.54, 1.807) is 11.8 Å². The number of nitrogens with zero attached hydrogens (tertiary/aromatic N) is 2. The second-order valence-electron chi connectivity index (χ2n) is 5.47. The monoisotopic (exact) mass is 308 g/mol. The number of H-pyrrole nitrogens is 1. The molecule has 0 fully saturated rings. The molecule has 0 bridgehead atoms. The van der Waals surface area contributed by atoms with E-state index in [0.29, 0.717) is 10.4 Å². The predicted molar refractivity (Wildman–Crippen MR) is 92.9 cm³/mol. The average molecular weight is 308 g/mol. The van der Waals surface area contributed by atoms with E-state index >= 15 is 0 Å². The summed E-state index contributed by atoms with van der Waals surface area (Å²) < 4.78 is 0. The van der Waals surface area contributed by atoms with Crippen molar-refractivity contribution in [3.8, 4) is 11.1 Å². The second-order valence-corrected chi connectivity index (χ2v) is 6.86. The molecule has 0 radical (unpaired) electrons. The van der Waals surface area contributed by atoms with Gasteiger partial charge in [0.15, 0.2) is 5.17 Å². The first-order chi connectivity index (χ1) is 10.7. The maximum Gasteiger partial charge on any atom is 0.154 e. The van der Waals surface area contributed by atoms with Crippen LogP contribution in [0.1, 0.15) is 18.5 Å². The van der Waals surface area contributed by atoms with E-state index in [0.717, 1.165) is 16.6 Å². The maximum atomic E-state index is 5.87. The van der Waals surface area contributed by atoms with E-state index in [1.165, 1.54) is 11.1 Å². The Labute approximate surface area is 132 Å². The van der Waals surface area contributed by atoms with Crippen LogP contribution in [0.15, 0.2) is 53.8 Å². The number of benzene rings is 1. The third-order valence-corrected chi connectivity index (χ3v) is 4.98. The molecule has 0 spiro atoms. The van der Waals surface area contributed by atoms with Crippen molar-refractivity contribution in [1.82, 2.24) is 9.97 Å². The molecule has 4 nitrogen and oxygen atoms in total. The quantitative estimate of drug-likeness (QED) is 0.758. The van der Waals surface area contributed by atoms with E-state index in [-0.39, 0.29) is 6.04 Å². The molecule has 3 heterocycles. The zero-order valence-corrected chi connectivity index (χ0v) is 13.0. The SMILES string of the molecule is CC1SC(N)=NC1c1c[nH]c2ncc(-c3ccccc3)cc12. The first-order valence-electron chi connectivity index (χ1n) is 7.25. The fourth-order valence-corrected chi connectivity index (χ4v) is 3.80. The number of hydrogen-bond donors (Lipinski definition) is 2. The molecule has 2 aromatic heterocycles. The lowest BCUT2D eigenvalue weighted by molar-refractivity contribution is 0.739. The second kappa shape index (κ2) is 5.18. The zero-order chi connectivity index (χ0) is 15.1. The number of rotatable bonds is 2. The van der Waals surface area contributed by atoms with Crippen LogP contribution in [-0.2, 0) is 0 Å². The number of aliphatic imine (C=N–C) groups is 1. The largest absolute Gasteiger partial charge is 0.379 e. The summed E-state index contributed by atoms with van der Waals surface area (Å²) in [5, 5.41) is 2.13. The highest BCUT2D eigenvalue weighted by atomic mass is 32.2. The van der Waals surface area contributed by atoms with E-state index in [4.69, 9.17) is 5.73 Å². The molecule has 3 N–H and O–H groups in total. The van der Waals surface area contributed by atoms with Gasteiger partial charge in [-0.15, -0.1) is 0 Å². The van der Waals surface area contributed by atoms with Crippen molar-refractivity contribution in [2.24, 2.45) is 10.7 Å². The van der Waals surface area contributed by atoms with Crippen LogP contribution in [0.4, 0.5) is 0 Å². The molecule has 5 heteroatoms. The van der Waals surface area contributed by atoms with Gasteiger partial charge >= 0.3 is 0 Å². The van der Waals surface area contributed by atoms with Gasteiger partial charge in [-0.3, -0.25) is 4.99 Å². The van der Waals surface area contributed by atoms with Crippen LogP contribution in [0.25, 0.3) is 22.2 Å². The Bertz CT molecular complexity index is 853. The minimum absolute atomic E-state index is 0.0894. The Morgan fingerprint density at radius 1 is 1.18 bits per heavy atom. The molecule has 0 saturated carbocycles. The van der Waals surface area contributed by atoms with Gasteiger partial charge in [-0.25, -0.2) is 4.98 Å². The summed E-state index contributed by atoms with van der Waals surface area (Å²) in [6.07, 6.45) is 3.92. The molecule has 2 unspecified atom stereocenters. The minimum Gasteiger partial charge on any atom is -0.379 e. The Balaban J connectivity index is 1.84. The number of aromatic nitrogens is 2. The van der Waals surface area contributed by atoms with Crippen LogP contribution in [0.2, 0.25) is 0 Å². The molecule has 110 valence electrons. The molecule has 1 aliphatic heterocycles. The smallest absolute Gasteiger partial charge is 0.154 e. The van der Waals surface area contributed by atoms with Gasteiger partial charge in [-0.05, 0) is 11.6 Å². The number of aromatic amines is 1. The van der Waals surface area contributed by atoms with Gasteiger partial charge in [0.2, 0.25) is 0 Å². The number of fused-ring (bicyclic) bond motifs is 1. The summed E-state index contributed by atoms with van der Waals surface area (Å²) in [4.78, 5) is 12.4. The number of pyridine rings is 1. The van der Waals surface area contributed by atoms with Gasteiger partial charge in [0, 0.05) is 34.2 Å². The number of thioether (sulfide) groups is 1. The normalized spacial score (nSPS) is 21.2. The number of amidine groups is 1. The Morgan fingerprint density at radius 2 is 2.00 bits per heavy atom. The third kappa shape index (κ3) is 2.18. The van der Waals surface area contributed by atoms with Crippen LogP contribution in [-0.4, -0.2) is 20.4 Å². The van der Waals surface area contributed by atoms with E-state index in [2.05, 4.69) is 40.1 Å². The Kier molecular flexibility index (Phi) is 3.15. The van der Waals surface area contributed by atoms with Gasteiger partial charge in [0.1, 0.15) is 5.65 Å². The first kappa shape index (κ1) is 13.4. The topological polar surface area (TPSA) is 67.1 Å². The molecule has 0 amide bonds. The van der Waals surface area contributed by atoms with Crippen LogP contribution >= 0.6 is 11.8 Å². The zero-order valence-electron chi connectivity index (χ0n) is 12.2. The Morgan fingerprint density at radius 3 is 2.73 bits per heavy atom. The summed E-state index contributed by atoms with van der Waals surface area (Å²) in [6.45, 7) is 2.16. The lowest BCUT2D eigenvalue weighted by Gasteiger charge is -2.11. The fraction of sp³-hybridized carbons (Fsp3) is 0.176. The van der Waals surface area contributed by atoms with E-state index in [9.17, 15) is 0 Å². The molecular weight excluding hydrogens is 292 g/mol. The van der Waals surface area contributed by atoms with Crippen molar-refractivity contribution in [3.05, 3.63) is 54.4 Å². The third-order valence-electron chi connectivity index (χ3n) is 4.01. The highest BCUT2D eigenvalue weighted by Gasteiger charge is 2.28. The molecule has 2 atom stereocenters. The number of hydrogen-bond acceptors (Lipinski definition) is 4. The number of nitrogens with one attached hydrogen (secondary N) is 1. The van der Waals surface area contributed by atoms with Gasteiger partial charge in [-0.1, -0.05) is 49.0 Å². The van der Waals surface area contributed by atoms with E-state index in [1.807, 2.05) is 30.6 Å². The van der Waals surface area contributed by atoms with Crippen molar-refractivity contribution in [3.63, 3.8) is 0 Å². The molecule has 4 rings (SSSR count). The van der Waals surface area contributed by atoms with Crippen LogP contribution in [0.3, 0.4) is 0 Å². The minimum atomic E-state index is 0.0894. The van der Waals surface area contributed by atoms with Crippen molar-refractivity contribution >= 4 is 28.0 Å². The summed E-state index contributed by atoms with van der Waals surface area (Å²) in [6, 6.07) is 12.6. The lowest BCUT2D eigenvalue weighted by atomic mass is 10.0. The van der Waals surface area contributed by atoms with Crippen LogP contribution in [0.5, 0.6) is 0 Å².